The van der Waals surface area contributed by atoms with E-state index >= 15 is 0 Å². The monoisotopic (exact) mass is 318 g/mol. The zero-order valence-corrected chi connectivity index (χ0v) is 13.6. The highest BCUT2D eigenvalue weighted by Gasteiger charge is 2.15. The number of hydrogen-bond donors (Lipinski definition) is 0. The SMILES string of the molecule is CC(C)(C)CCn1c(CCl)nc2cc(Cl)c(Cl)cc21. The molecule has 0 amide bonds. The van der Waals surface area contributed by atoms with Crippen molar-refractivity contribution in [1.29, 1.82) is 0 Å². The van der Waals surface area contributed by atoms with Crippen molar-refractivity contribution < 1.29 is 0 Å². The minimum Gasteiger partial charge on any atom is -0.327 e. The van der Waals surface area contributed by atoms with Crippen molar-refractivity contribution in [3.05, 3.63) is 28.0 Å². The van der Waals surface area contributed by atoms with Crippen LogP contribution >= 0.6 is 34.8 Å². The van der Waals surface area contributed by atoms with E-state index in [4.69, 9.17) is 34.8 Å². The molecule has 19 heavy (non-hydrogen) atoms. The molecule has 0 saturated heterocycles. The molecule has 1 aromatic carbocycles. The van der Waals surface area contributed by atoms with Crippen LogP contribution in [0.15, 0.2) is 12.1 Å². The van der Waals surface area contributed by atoms with E-state index in [1.165, 1.54) is 0 Å². The van der Waals surface area contributed by atoms with Crippen LogP contribution in [0.5, 0.6) is 0 Å². The molecule has 0 radical (unpaired) electrons. The minimum atomic E-state index is 0.260. The smallest absolute Gasteiger partial charge is 0.124 e. The van der Waals surface area contributed by atoms with E-state index in [9.17, 15) is 0 Å². The summed E-state index contributed by atoms with van der Waals surface area (Å²) in [5.41, 5.74) is 2.10. The third-order valence-corrected chi connectivity index (χ3v) is 4.04. The van der Waals surface area contributed by atoms with Gasteiger partial charge in [-0.2, -0.15) is 0 Å². The Labute approximate surface area is 128 Å². The lowest BCUT2D eigenvalue weighted by molar-refractivity contribution is 0.351. The molecule has 0 saturated carbocycles. The summed E-state index contributed by atoms with van der Waals surface area (Å²) >= 11 is 18.1. The first-order valence-electron chi connectivity index (χ1n) is 6.22. The fourth-order valence-corrected chi connectivity index (χ4v) is 2.49. The molecule has 2 rings (SSSR count). The van der Waals surface area contributed by atoms with Gasteiger partial charge in [0.2, 0.25) is 0 Å². The Kier molecular flexibility index (Phi) is 4.34. The van der Waals surface area contributed by atoms with E-state index in [0.29, 0.717) is 15.9 Å². The molecule has 0 aliphatic carbocycles. The van der Waals surface area contributed by atoms with Crippen molar-refractivity contribution in [2.75, 3.05) is 0 Å². The lowest BCUT2D eigenvalue weighted by Crippen LogP contribution is -2.12. The van der Waals surface area contributed by atoms with E-state index in [-0.39, 0.29) is 5.41 Å². The molecule has 0 aliphatic rings. The summed E-state index contributed by atoms with van der Waals surface area (Å²) < 4.78 is 2.13. The summed E-state index contributed by atoms with van der Waals surface area (Å²) in [4.78, 5) is 4.52. The third-order valence-electron chi connectivity index (χ3n) is 3.07. The number of aryl methyl sites for hydroxylation is 1. The summed E-state index contributed by atoms with van der Waals surface area (Å²) in [5.74, 6) is 1.24. The van der Waals surface area contributed by atoms with Crippen LogP contribution in [0.25, 0.3) is 11.0 Å². The largest absolute Gasteiger partial charge is 0.327 e. The quantitative estimate of drug-likeness (QED) is 0.681. The number of aromatic nitrogens is 2. The van der Waals surface area contributed by atoms with Gasteiger partial charge in [-0.05, 0) is 24.0 Å². The fourth-order valence-electron chi connectivity index (χ4n) is 1.97. The zero-order valence-electron chi connectivity index (χ0n) is 11.3. The van der Waals surface area contributed by atoms with Gasteiger partial charge in [-0.1, -0.05) is 44.0 Å². The molecule has 5 heteroatoms. The average molecular weight is 320 g/mol. The average Bonchev–Trinajstić information content (AvgIpc) is 2.63. The third kappa shape index (κ3) is 3.36. The van der Waals surface area contributed by atoms with Gasteiger partial charge in [-0.3, -0.25) is 0 Å². The first-order chi connectivity index (χ1) is 8.81. The lowest BCUT2D eigenvalue weighted by atomic mass is 9.92. The van der Waals surface area contributed by atoms with E-state index in [2.05, 4.69) is 30.3 Å². The number of rotatable bonds is 3. The van der Waals surface area contributed by atoms with Crippen LogP contribution in [0.3, 0.4) is 0 Å². The second kappa shape index (κ2) is 5.51. The zero-order chi connectivity index (χ0) is 14.2. The summed E-state index contributed by atoms with van der Waals surface area (Å²) in [6, 6.07) is 3.66. The van der Waals surface area contributed by atoms with Gasteiger partial charge in [0.05, 0.1) is 27.0 Å². The fraction of sp³-hybridized carbons (Fsp3) is 0.500. The number of benzene rings is 1. The minimum absolute atomic E-state index is 0.260. The van der Waals surface area contributed by atoms with Gasteiger partial charge in [-0.15, -0.1) is 11.6 Å². The molecule has 0 N–H and O–H groups in total. The maximum atomic E-state index is 6.10. The van der Waals surface area contributed by atoms with Crippen LogP contribution < -0.4 is 0 Å². The van der Waals surface area contributed by atoms with E-state index in [1.807, 2.05) is 6.07 Å². The number of alkyl halides is 1. The molecule has 0 unspecified atom stereocenters. The molecule has 0 aliphatic heterocycles. The van der Waals surface area contributed by atoms with E-state index in [1.54, 1.807) is 6.07 Å². The first kappa shape index (κ1) is 15.0. The Bertz CT molecular complexity index is 597. The van der Waals surface area contributed by atoms with Crippen molar-refractivity contribution in [3.8, 4) is 0 Å². The molecule has 104 valence electrons. The van der Waals surface area contributed by atoms with Crippen molar-refractivity contribution in [3.63, 3.8) is 0 Å². The maximum Gasteiger partial charge on any atom is 0.124 e. The molecular weight excluding hydrogens is 303 g/mol. The molecule has 1 heterocycles. The number of nitrogens with zero attached hydrogens (tertiary/aromatic N) is 2. The number of imidazole rings is 1. The van der Waals surface area contributed by atoms with Crippen molar-refractivity contribution in [2.24, 2.45) is 5.41 Å². The highest BCUT2D eigenvalue weighted by atomic mass is 35.5. The summed E-state index contributed by atoms with van der Waals surface area (Å²) in [5, 5.41) is 1.07. The van der Waals surface area contributed by atoms with Crippen LogP contribution in [0.1, 0.15) is 33.0 Å². The second-order valence-electron chi connectivity index (χ2n) is 5.88. The Morgan fingerprint density at radius 3 is 2.37 bits per heavy atom. The summed E-state index contributed by atoms with van der Waals surface area (Å²) in [7, 11) is 0. The van der Waals surface area contributed by atoms with Gasteiger partial charge >= 0.3 is 0 Å². The van der Waals surface area contributed by atoms with Gasteiger partial charge in [0.1, 0.15) is 5.82 Å². The highest BCUT2D eigenvalue weighted by Crippen LogP contribution is 2.30. The molecule has 0 fully saturated rings. The molecule has 1 aromatic heterocycles. The van der Waals surface area contributed by atoms with Crippen LogP contribution in [0.2, 0.25) is 10.0 Å². The normalized spacial score (nSPS) is 12.3. The molecular formula is C14H17Cl3N2. The summed E-state index contributed by atoms with van der Waals surface area (Å²) in [6.07, 6.45) is 1.04. The Balaban J connectivity index is 2.48. The Hall–Kier alpha value is -0.440. The van der Waals surface area contributed by atoms with Gasteiger partial charge in [0.15, 0.2) is 0 Å². The number of hydrogen-bond acceptors (Lipinski definition) is 1. The Morgan fingerprint density at radius 2 is 1.79 bits per heavy atom. The number of halogens is 3. The van der Waals surface area contributed by atoms with Crippen LogP contribution in [-0.4, -0.2) is 9.55 Å². The van der Waals surface area contributed by atoms with Crippen LogP contribution in [0, 0.1) is 5.41 Å². The predicted molar refractivity (Wildman–Crippen MR) is 83.4 cm³/mol. The molecule has 0 bridgehead atoms. The Morgan fingerprint density at radius 1 is 1.16 bits per heavy atom. The van der Waals surface area contributed by atoms with Crippen LogP contribution in [-0.2, 0) is 12.4 Å². The van der Waals surface area contributed by atoms with E-state index in [0.717, 1.165) is 29.8 Å². The number of fused-ring (bicyclic) bond motifs is 1. The van der Waals surface area contributed by atoms with Crippen LogP contribution in [0.4, 0.5) is 0 Å². The van der Waals surface area contributed by atoms with Crippen molar-refractivity contribution >= 4 is 45.8 Å². The maximum absolute atomic E-state index is 6.10. The van der Waals surface area contributed by atoms with E-state index < -0.39 is 0 Å². The molecule has 0 spiro atoms. The molecule has 0 atom stereocenters. The standard InChI is InChI=1S/C14H17Cl3N2/c1-14(2,3)4-5-19-12-7-10(17)9(16)6-11(12)18-13(19)8-15/h6-7H,4-5,8H2,1-3H3. The molecule has 2 aromatic rings. The van der Waals surface area contributed by atoms with Crippen molar-refractivity contribution in [2.45, 2.75) is 39.6 Å². The highest BCUT2D eigenvalue weighted by molar-refractivity contribution is 6.42. The van der Waals surface area contributed by atoms with Crippen molar-refractivity contribution in [1.82, 2.24) is 9.55 Å². The lowest BCUT2D eigenvalue weighted by Gasteiger charge is -2.19. The second-order valence-corrected chi connectivity index (χ2v) is 6.96. The van der Waals surface area contributed by atoms with Gasteiger partial charge in [0, 0.05) is 6.54 Å². The van der Waals surface area contributed by atoms with Gasteiger partial charge in [-0.25, -0.2) is 4.98 Å². The molecule has 2 nitrogen and oxygen atoms in total. The predicted octanol–water partition coefficient (Wildman–Crippen LogP) is 5.52. The summed E-state index contributed by atoms with van der Waals surface area (Å²) in [6.45, 7) is 7.53. The van der Waals surface area contributed by atoms with Gasteiger partial charge < -0.3 is 4.57 Å². The first-order valence-corrected chi connectivity index (χ1v) is 7.51. The topological polar surface area (TPSA) is 17.8 Å². The van der Waals surface area contributed by atoms with Gasteiger partial charge in [0.25, 0.3) is 0 Å².